The Hall–Kier alpha value is -0.270. The summed E-state index contributed by atoms with van der Waals surface area (Å²) in [6, 6.07) is 0.468. The van der Waals surface area contributed by atoms with Gasteiger partial charge in [0.05, 0.1) is 4.47 Å². The van der Waals surface area contributed by atoms with Gasteiger partial charge >= 0.3 is 0 Å². The van der Waals surface area contributed by atoms with Crippen molar-refractivity contribution < 1.29 is 21.6 Å². The predicted octanol–water partition coefficient (Wildman–Crippen LogP) is 2.79. The zero-order chi connectivity index (χ0) is 11.1. The summed E-state index contributed by atoms with van der Waals surface area (Å²) in [5.74, 6) is -4.79. The number of benzene rings is 1. The quantitative estimate of drug-likeness (QED) is 0.590. The van der Waals surface area contributed by atoms with Crippen LogP contribution in [0.3, 0.4) is 0 Å². The highest BCUT2D eigenvalue weighted by Gasteiger charge is 2.26. The lowest BCUT2D eigenvalue weighted by Crippen LogP contribution is -2.03. The summed E-state index contributed by atoms with van der Waals surface area (Å²) in [5.41, 5.74) is 0. The third kappa shape index (κ3) is 2.04. The summed E-state index contributed by atoms with van der Waals surface area (Å²) in [6.45, 7) is 0. The summed E-state index contributed by atoms with van der Waals surface area (Å²) in [5, 5.41) is 0. The molecule has 2 nitrogen and oxygen atoms in total. The summed E-state index contributed by atoms with van der Waals surface area (Å²) < 4.78 is 59.4. The molecular formula is C6HBrClF3O2S. The zero-order valence-electron chi connectivity index (χ0n) is 6.19. The molecule has 0 atom stereocenters. The third-order valence-corrected chi connectivity index (χ3v) is 3.20. The van der Waals surface area contributed by atoms with E-state index in [9.17, 15) is 21.6 Å². The predicted molar refractivity (Wildman–Crippen MR) is 47.1 cm³/mol. The van der Waals surface area contributed by atoms with Gasteiger partial charge in [-0.05, 0) is 22.0 Å². The number of hydrogen-bond donors (Lipinski definition) is 0. The van der Waals surface area contributed by atoms with E-state index in [0.29, 0.717) is 6.07 Å². The van der Waals surface area contributed by atoms with Gasteiger partial charge in [-0.2, -0.15) is 0 Å². The second kappa shape index (κ2) is 3.71. The first-order valence-electron chi connectivity index (χ1n) is 3.03. The van der Waals surface area contributed by atoms with Crippen LogP contribution >= 0.6 is 26.6 Å². The molecule has 0 saturated carbocycles. The maximum Gasteiger partial charge on any atom is 0.267 e. The van der Waals surface area contributed by atoms with Crippen molar-refractivity contribution in [1.82, 2.24) is 0 Å². The van der Waals surface area contributed by atoms with Crippen LogP contribution < -0.4 is 0 Å². The summed E-state index contributed by atoms with van der Waals surface area (Å²) in [7, 11) is 0.0608. The van der Waals surface area contributed by atoms with Gasteiger partial charge in [0.15, 0.2) is 22.3 Å². The second-order valence-corrected chi connectivity index (χ2v) is 5.59. The molecule has 1 aromatic carbocycles. The van der Waals surface area contributed by atoms with Crippen molar-refractivity contribution in [3.8, 4) is 0 Å². The normalized spacial score (nSPS) is 11.8. The molecule has 0 radical (unpaired) electrons. The van der Waals surface area contributed by atoms with Crippen molar-refractivity contribution in [1.29, 1.82) is 0 Å². The molecule has 0 unspecified atom stereocenters. The van der Waals surface area contributed by atoms with Crippen molar-refractivity contribution in [3.05, 3.63) is 28.0 Å². The summed E-state index contributed by atoms with van der Waals surface area (Å²) in [4.78, 5) is -1.49. The highest BCUT2D eigenvalue weighted by Crippen LogP contribution is 2.29. The average molecular weight is 309 g/mol. The Morgan fingerprint density at radius 3 is 2.14 bits per heavy atom. The lowest BCUT2D eigenvalue weighted by atomic mass is 10.3. The maximum atomic E-state index is 13.0. The first-order chi connectivity index (χ1) is 6.25. The lowest BCUT2D eigenvalue weighted by molar-refractivity contribution is 0.458. The van der Waals surface area contributed by atoms with Crippen LogP contribution in [0.4, 0.5) is 13.2 Å². The first kappa shape index (κ1) is 11.8. The summed E-state index contributed by atoms with van der Waals surface area (Å²) in [6.07, 6.45) is 0. The minimum absolute atomic E-state index is 0.468. The van der Waals surface area contributed by atoms with E-state index >= 15 is 0 Å². The van der Waals surface area contributed by atoms with Crippen LogP contribution in [0.1, 0.15) is 0 Å². The van der Waals surface area contributed by atoms with Gasteiger partial charge in [0.2, 0.25) is 0 Å². The van der Waals surface area contributed by atoms with Gasteiger partial charge in [-0.1, -0.05) is 0 Å². The van der Waals surface area contributed by atoms with Crippen LogP contribution in [0, 0.1) is 17.5 Å². The van der Waals surface area contributed by atoms with E-state index in [1.165, 1.54) is 0 Å². The SMILES string of the molecule is O=S(=O)(Cl)c1c(F)c(F)cc(Br)c1F. The van der Waals surface area contributed by atoms with E-state index in [2.05, 4.69) is 15.9 Å². The molecule has 14 heavy (non-hydrogen) atoms. The Labute approximate surface area is 90.2 Å². The molecule has 0 aromatic heterocycles. The van der Waals surface area contributed by atoms with Crippen LogP contribution in [0.15, 0.2) is 15.4 Å². The van der Waals surface area contributed by atoms with Crippen molar-refractivity contribution in [2.24, 2.45) is 0 Å². The van der Waals surface area contributed by atoms with E-state index in [1.54, 1.807) is 0 Å². The molecule has 0 saturated heterocycles. The molecule has 1 rings (SSSR count). The van der Waals surface area contributed by atoms with Gasteiger partial charge in [0.1, 0.15) is 0 Å². The smallest absolute Gasteiger partial charge is 0.207 e. The molecule has 0 bridgehead atoms. The molecule has 78 valence electrons. The molecule has 0 aliphatic heterocycles. The highest BCUT2D eigenvalue weighted by molar-refractivity contribution is 9.10. The number of halogens is 5. The topological polar surface area (TPSA) is 34.1 Å². The molecule has 8 heteroatoms. The van der Waals surface area contributed by atoms with Gasteiger partial charge in [-0.25, -0.2) is 21.6 Å². The summed E-state index contributed by atoms with van der Waals surface area (Å²) >= 11 is 2.52. The molecule has 0 heterocycles. The van der Waals surface area contributed by atoms with E-state index in [1.807, 2.05) is 0 Å². The monoisotopic (exact) mass is 308 g/mol. The minimum Gasteiger partial charge on any atom is -0.207 e. The van der Waals surface area contributed by atoms with E-state index in [0.717, 1.165) is 0 Å². The van der Waals surface area contributed by atoms with Crippen molar-refractivity contribution in [2.45, 2.75) is 4.90 Å². The van der Waals surface area contributed by atoms with E-state index < -0.39 is 35.9 Å². The molecule has 0 N–H and O–H groups in total. The molecule has 0 fully saturated rings. The lowest BCUT2D eigenvalue weighted by Gasteiger charge is -2.03. The highest BCUT2D eigenvalue weighted by atomic mass is 79.9. The molecule has 0 aliphatic rings. The van der Waals surface area contributed by atoms with Gasteiger partial charge < -0.3 is 0 Å². The number of rotatable bonds is 1. The maximum absolute atomic E-state index is 13.0. The Balaban J connectivity index is 3.74. The van der Waals surface area contributed by atoms with Crippen LogP contribution in [-0.2, 0) is 9.05 Å². The first-order valence-corrected chi connectivity index (χ1v) is 6.13. The zero-order valence-corrected chi connectivity index (χ0v) is 9.35. The van der Waals surface area contributed by atoms with Gasteiger partial charge in [-0.3, -0.25) is 0 Å². The van der Waals surface area contributed by atoms with Crippen LogP contribution in [0.5, 0.6) is 0 Å². The Kier molecular flexibility index (Phi) is 3.13. The fourth-order valence-corrected chi connectivity index (χ4v) is 2.34. The molecule has 0 spiro atoms. The number of hydrogen-bond acceptors (Lipinski definition) is 2. The Morgan fingerprint density at radius 1 is 1.21 bits per heavy atom. The van der Waals surface area contributed by atoms with Crippen molar-refractivity contribution in [2.75, 3.05) is 0 Å². The average Bonchev–Trinajstić information content (AvgIpc) is 1.98. The van der Waals surface area contributed by atoms with Crippen LogP contribution in [0.25, 0.3) is 0 Å². The van der Waals surface area contributed by atoms with Crippen molar-refractivity contribution >= 4 is 35.7 Å². The standard InChI is InChI=1S/C6HBrClF3O2S/c7-2-1-3(9)5(11)6(4(2)10)14(8,12)13/h1H. The molecule has 1 aromatic rings. The third-order valence-electron chi connectivity index (χ3n) is 1.32. The van der Waals surface area contributed by atoms with Gasteiger partial charge in [0.25, 0.3) is 9.05 Å². The second-order valence-electron chi connectivity index (χ2n) is 2.24. The van der Waals surface area contributed by atoms with Crippen LogP contribution in [0.2, 0.25) is 0 Å². The minimum atomic E-state index is -4.66. The van der Waals surface area contributed by atoms with Crippen molar-refractivity contribution in [3.63, 3.8) is 0 Å². The van der Waals surface area contributed by atoms with E-state index in [-0.39, 0.29) is 0 Å². The molecular weight excluding hydrogens is 308 g/mol. The molecule has 0 aliphatic carbocycles. The fraction of sp³-hybridized carbons (Fsp3) is 0. The fourth-order valence-electron chi connectivity index (χ4n) is 0.765. The largest absolute Gasteiger partial charge is 0.267 e. The van der Waals surface area contributed by atoms with Gasteiger partial charge in [0, 0.05) is 10.7 Å². The Bertz CT molecular complexity index is 462. The van der Waals surface area contributed by atoms with Crippen LogP contribution in [-0.4, -0.2) is 8.42 Å². The molecule has 0 amide bonds. The van der Waals surface area contributed by atoms with Gasteiger partial charge in [-0.15, -0.1) is 0 Å². The van der Waals surface area contributed by atoms with E-state index in [4.69, 9.17) is 10.7 Å². The Morgan fingerprint density at radius 2 is 1.71 bits per heavy atom.